The third-order valence-electron chi connectivity index (χ3n) is 2.02. The molecular formula is C7H16N10. The van der Waals surface area contributed by atoms with Gasteiger partial charge >= 0.3 is 0 Å². The van der Waals surface area contributed by atoms with Crippen molar-refractivity contribution in [2.75, 3.05) is 34.4 Å². The minimum Gasteiger partial charge on any atom is -0.393 e. The van der Waals surface area contributed by atoms with E-state index in [1.807, 2.05) is 0 Å². The molecule has 17 heavy (non-hydrogen) atoms. The fourth-order valence-corrected chi connectivity index (χ4v) is 0.954. The summed E-state index contributed by atoms with van der Waals surface area (Å²) in [5, 5.41) is 9.69. The summed E-state index contributed by atoms with van der Waals surface area (Å²) in [6, 6.07) is 0. The first-order valence-corrected chi connectivity index (χ1v) is 4.52. The second kappa shape index (κ2) is 4.38. The second-order valence-corrected chi connectivity index (χ2v) is 3.24. The highest BCUT2D eigenvalue weighted by Gasteiger charge is 2.04. The third-order valence-corrected chi connectivity index (χ3v) is 2.02. The molecule has 0 bridgehead atoms. The molecule has 0 radical (unpaired) electrons. The Labute approximate surface area is 96.9 Å². The number of hydrogen-bond donors (Lipinski definition) is 7. The van der Waals surface area contributed by atoms with Crippen LogP contribution in [0.25, 0.3) is 0 Å². The van der Waals surface area contributed by atoms with Crippen molar-refractivity contribution in [2.24, 2.45) is 7.05 Å². The molecule has 13 N–H and O–H groups in total. The van der Waals surface area contributed by atoms with Gasteiger partial charge in [-0.05, 0) is 0 Å². The van der Waals surface area contributed by atoms with Crippen molar-refractivity contribution in [3.8, 4) is 0 Å². The van der Waals surface area contributed by atoms with Gasteiger partial charge in [-0.1, -0.05) is 0 Å². The number of hydrogen-bond acceptors (Lipinski definition) is 8. The van der Waals surface area contributed by atoms with Gasteiger partial charge < -0.3 is 34.4 Å². The van der Waals surface area contributed by atoms with E-state index in [1.165, 1.54) is 4.68 Å². The molecule has 94 valence electrons. The highest BCUT2D eigenvalue weighted by Crippen LogP contribution is 2.19. The molecule has 0 fully saturated rings. The minimum absolute atomic E-state index is 0.252. The SMILES string of the molecule is Cn1nc(N)c(N)c1N.Nc1n[nH]c(N)c1N. The monoisotopic (exact) mass is 240 g/mol. The van der Waals surface area contributed by atoms with Crippen molar-refractivity contribution < 1.29 is 0 Å². The summed E-state index contributed by atoms with van der Waals surface area (Å²) >= 11 is 0. The Morgan fingerprint density at radius 3 is 1.65 bits per heavy atom. The van der Waals surface area contributed by atoms with Crippen molar-refractivity contribution in [1.29, 1.82) is 0 Å². The molecule has 0 unspecified atom stereocenters. The van der Waals surface area contributed by atoms with Crippen molar-refractivity contribution in [1.82, 2.24) is 20.0 Å². The maximum Gasteiger partial charge on any atom is 0.171 e. The lowest BCUT2D eigenvalue weighted by Crippen LogP contribution is -1.98. The molecule has 0 spiro atoms. The average Bonchev–Trinajstić information content (AvgIpc) is 2.69. The van der Waals surface area contributed by atoms with Crippen LogP contribution in [0.5, 0.6) is 0 Å². The first kappa shape index (κ1) is 12.3. The average molecular weight is 240 g/mol. The van der Waals surface area contributed by atoms with Gasteiger partial charge in [0.15, 0.2) is 11.6 Å². The Balaban J connectivity index is 0.000000171. The number of rotatable bonds is 0. The van der Waals surface area contributed by atoms with Crippen LogP contribution >= 0.6 is 0 Å². The van der Waals surface area contributed by atoms with Gasteiger partial charge in [0.05, 0.1) is 0 Å². The van der Waals surface area contributed by atoms with Crippen LogP contribution in [0.2, 0.25) is 0 Å². The zero-order valence-electron chi connectivity index (χ0n) is 9.31. The molecule has 2 aromatic rings. The van der Waals surface area contributed by atoms with Gasteiger partial charge in [-0.15, -0.1) is 0 Å². The van der Waals surface area contributed by atoms with Crippen LogP contribution in [0, 0.1) is 0 Å². The molecule has 2 aromatic heterocycles. The number of H-pyrrole nitrogens is 1. The number of nitrogens with zero attached hydrogens (tertiary/aromatic N) is 3. The van der Waals surface area contributed by atoms with Gasteiger partial charge in [0.2, 0.25) is 0 Å². The van der Waals surface area contributed by atoms with Crippen LogP contribution in [0.3, 0.4) is 0 Å². The molecule has 10 heteroatoms. The van der Waals surface area contributed by atoms with Gasteiger partial charge in [-0.2, -0.15) is 10.2 Å². The van der Waals surface area contributed by atoms with Gasteiger partial charge in [0, 0.05) is 7.05 Å². The summed E-state index contributed by atoms with van der Waals surface area (Å²) in [6.07, 6.45) is 0. The molecule has 0 aromatic carbocycles. The van der Waals surface area contributed by atoms with Crippen LogP contribution in [0.15, 0.2) is 0 Å². The van der Waals surface area contributed by atoms with Crippen LogP contribution in [0.4, 0.5) is 34.6 Å². The zero-order valence-corrected chi connectivity index (χ0v) is 9.31. The van der Waals surface area contributed by atoms with E-state index in [9.17, 15) is 0 Å². The number of aromatic amines is 1. The lowest BCUT2D eigenvalue weighted by Gasteiger charge is -1.90. The van der Waals surface area contributed by atoms with Gasteiger partial charge in [0.25, 0.3) is 0 Å². The van der Waals surface area contributed by atoms with E-state index in [-0.39, 0.29) is 11.6 Å². The van der Waals surface area contributed by atoms with Gasteiger partial charge in [-0.25, -0.2) is 4.68 Å². The Hall–Kier alpha value is -2.78. The third kappa shape index (κ3) is 2.42. The first-order chi connectivity index (χ1) is 7.84. The summed E-state index contributed by atoms with van der Waals surface area (Å²) < 4.78 is 1.44. The number of nitrogen functional groups attached to an aromatic ring is 6. The Bertz CT molecular complexity index is 467. The molecule has 0 aliphatic rings. The summed E-state index contributed by atoms with van der Waals surface area (Å²) in [7, 11) is 1.68. The Kier molecular flexibility index (Phi) is 3.17. The van der Waals surface area contributed by atoms with Crippen molar-refractivity contribution >= 4 is 34.6 Å². The standard InChI is InChI=1S/C4H9N5.C3H7N5/c1-9-4(7)2(5)3(6)8-9;4-1-2(5)7-8-3(1)6/h5,7H2,1H3,(H2,6,8);4H2,(H5,5,6,7,8). The maximum atomic E-state index is 5.40. The normalized spacial score (nSPS) is 9.71. The van der Waals surface area contributed by atoms with E-state index >= 15 is 0 Å². The second-order valence-electron chi connectivity index (χ2n) is 3.24. The summed E-state index contributed by atoms with van der Waals surface area (Å²) in [5.41, 5.74) is 32.4. The summed E-state index contributed by atoms with van der Waals surface area (Å²) in [5.74, 6) is 1.27. The molecule has 0 amide bonds. The lowest BCUT2D eigenvalue weighted by atomic mass is 10.5. The predicted octanol–water partition coefficient (Wildman–Crippen LogP) is -1.68. The molecule has 10 nitrogen and oxygen atoms in total. The number of aryl methyl sites for hydroxylation is 1. The van der Waals surface area contributed by atoms with Crippen molar-refractivity contribution in [3.05, 3.63) is 0 Å². The van der Waals surface area contributed by atoms with E-state index < -0.39 is 0 Å². The number of aromatic nitrogens is 4. The van der Waals surface area contributed by atoms with Crippen LogP contribution in [-0.4, -0.2) is 20.0 Å². The summed E-state index contributed by atoms with van der Waals surface area (Å²) in [4.78, 5) is 0. The number of nitrogens with two attached hydrogens (primary N) is 6. The fraction of sp³-hybridized carbons (Fsp3) is 0.143. The molecular weight excluding hydrogens is 224 g/mol. The molecule has 0 saturated heterocycles. The van der Waals surface area contributed by atoms with E-state index in [0.717, 1.165) is 0 Å². The molecule has 2 heterocycles. The molecule has 0 saturated carbocycles. The lowest BCUT2D eigenvalue weighted by molar-refractivity contribution is 0.784. The smallest absolute Gasteiger partial charge is 0.171 e. The first-order valence-electron chi connectivity index (χ1n) is 4.52. The maximum absolute atomic E-state index is 5.40. The summed E-state index contributed by atoms with van der Waals surface area (Å²) in [6.45, 7) is 0. The van der Waals surface area contributed by atoms with E-state index in [1.54, 1.807) is 7.05 Å². The van der Waals surface area contributed by atoms with Crippen molar-refractivity contribution in [3.63, 3.8) is 0 Å². The topological polar surface area (TPSA) is 203 Å². The van der Waals surface area contributed by atoms with Crippen molar-refractivity contribution in [2.45, 2.75) is 0 Å². The van der Waals surface area contributed by atoms with E-state index in [0.29, 0.717) is 23.0 Å². The Morgan fingerprint density at radius 1 is 0.941 bits per heavy atom. The van der Waals surface area contributed by atoms with Crippen LogP contribution in [0.1, 0.15) is 0 Å². The highest BCUT2D eigenvalue weighted by atomic mass is 15.3. The molecule has 0 aliphatic carbocycles. The molecule has 2 rings (SSSR count). The number of anilines is 6. The van der Waals surface area contributed by atoms with Gasteiger partial charge in [-0.3, -0.25) is 5.10 Å². The van der Waals surface area contributed by atoms with Crippen LogP contribution < -0.4 is 34.4 Å². The molecule has 0 aliphatic heterocycles. The number of nitrogens with one attached hydrogen (secondary N) is 1. The fourth-order valence-electron chi connectivity index (χ4n) is 0.954. The largest absolute Gasteiger partial charge is 0.393 e. The minimum atomic E-state index is 0.252. The highest BCUT2D eigenvalue weighted by molar-refractivity contribution is 5.71. The van der Waals surface area contributed by atoms with E-state index in [4.69, 9.17) is 34.4 Å². The van der Waals surface area contributed by atoms with Gasteiger partial charge in [0.1, 0.15) is 23.0 Å². The van der Waals surface area contributed by atoms with E-state index in [2.05, 4.69) is 15.3 Å². The molecule has 0 atom stereocenters. The quantitative estimate of drug-likeness (QED) is 0.282. The Morgan fingerprint density at radius 2 is 1.53 bits per heavy atom. The zero-order chi connectivity index (χ0) is 13.2. The predicted molar refractivity (Wildman–Crippen MR) is 68.3 cm³/mol. The van der Waals surface area contributed by atoms with Crippen LogP contribution in [-0.2, 0) is 7.05 Å².